The van der Waals surface area contributed by atoms with Crippen molar-refractivity contribution in [2.45, 2.75) is 44.9 Å². The van der Waals surface area contributed by atoms with Crippen molar-refractivity contribution in [1.29, 1.82) is 0 Å². The molecule has 0 heterocycles. The molecule has 24 heavy (non-hydrogen) atoms. The van der Waals surface area contributed by atoms with Crippen LogP contribution in [0.4, 0.5) is 0 Å². The molecule has 2 heteroatoms. The summed E-state index contributed by atoms with van der Waals surface area (Å²) in [7, 11) is 2.02. The van der Waals surface area contributed by atoms with Crippen LogP contribution in [0, 0.1) is 0 Å². The van der Waals surface area contributed by atoms with Crippen LogP contribution in [0.25, 0.3) is 0 Å². The Morgan fingerprint density at radius 2 is 1.67 bits per heavy atom. The predicted molar refractivity (Wildman–Crippen MR) is 103 cm³/mol. The second-order valence-corrected chi connectivity index (χ2v) is 6.42. The highest BCUT2D eigenvalue weighted by atomic mass is 16.5. The zero-order valence-electron chi connectivity index (χ0n) is 15.1. The van der Waals surface area contributed by atoms with E-state index in [1.54, 1.807) is 0 Å². The number of benzene rings is 2. The highest BCUT2D eigenvalue weighted by Crippen LogP contribution is 2.22. The van der Waals surface area contributed by atoms with Crippen molar-refractivity contribution in [3.8, 4) is 5.75 Å². The first-order chi connectivity index (χ1) is 11.8. The van der Waals surface area contributed by atoms with Gasteiger partial charge < -0.3 is 10.1 Å². The fourth-order valence-electron chi connectivity index (χ4n) is 3.00. The first kappa shape index (κ1) is 18.5. The molecule has 0 radical (unpaired) electrons. The van der Waals surface area contributed by atoms with E-state index >= 15 is 0 Å². The van der Waals surface area contributed by atoms with E-state index < -0.39 is 0 Å². The lowest BCUT2D eigenvalue weighted by atomic mass is 9.92. The molecule has 130 valence electrons. The highest BCUT2D eigenvalue weighted by Gasteiger charge is 2.11. The van der Waals surface area contributed by atoms with E-state index in [9.17, 15) is 0 Å². The number of ether oxygens (including phenoxy) is 1. The highest BCUT2D eigenvalue weighted by molar-refractivity contribution is 5.30. The largest absolute Gasteiger partial charge is 0.494 e. The van der Waals surface area contributed by atoms with E-state index in [-0.39, 0.29) is 0 Å². The van der Waals surface area contributed by atoms with Gasteiger partial charge in [0.15, 0.2) is 0 Å². The van der Waals surface area contributed by atoms with Gasteiger partial charge in [0.1, 0.15) is 5.75 Å². The van der Waals surface area contributed by atoms with Crippen molar-refractivity contribution in [3.05, 3.63) is 65.7 Å². The van der Waals surface area contributed by atoms with Gasteiger partial charge in [0, 0.05) is 12.5 Å². The SMILES string of the molecule is CCCCCCOc1ccc(CC(CNC)c2ccccc2)cc1. The number of hydrogen-bond acceptors (Lipinski definition) is 2. The Hall–Kier alpha value is -1.80. The van der Waals surface area contributed by atoms with Crippen LogP contribution in [-0.2, 0) is 6.42 Å². The summed E-state index contributed by atoms with van der Waals surface area (Å²) in [6.45, 7) is 4.04. The molecule has 1 unspecified atom stereocenters. The molecule has 0 aliphatic carbocycles. The van der Waals surface area contributed by atoms with E-state index in [1.807, 2.05) is 7.05 Å². The average Bonchev–Trinajstić information content (AvgIpc) is 2.63. The van der Waals surface area contributed by atoms with Gasteiger partial charge in [-0.1, -0.05) is 68.7 Å². The molecule has 0 amide bonds. The van der Waals surface area contributed by atoms with Crippen molar-refractivity contribution < 1.29 is 4.74 Å². The van der Waals surface area contributed by atoms with Crippen molar-refractivity contribution in [1.82, 2.24) is 5.32 Å². The zero-order valence-corrected chi connectivity index (χ0v) is 15.1. The predicted octanol–water partition coefficient (Wildman–Crippen LogP) is 5.19. The topological polar surface area (TPSA) is 21.3 Å². The number of likely N-dealkylation sites (N-methyl/N-ethyl adjacent to an activating group) is 1. The molecule has 2 nitrogen and oxygen atoms in total. The number of hydrogen-bond donors (Lipinski definition) is 1. The molecule has 0 fully saturated rings. The lowest BCUT2D eigenvalue weighted by molar-refractivity contribution is 0.305. The van der Waals surface area contributed by atoms with E-state index in [1.165, 1.54) is 30.4 Å². The monoisotopic (exact) mass is 325 g/mol. The second kappa shape index (κ2) is 10.9. The summed E-state index contributed by atoms with van der Waals surface area (Å²) in [5.74, 6) is 1.48. The third-order valence-corrected chi connectivity index (χ3v) is 4.39. The Morgan fingerprint density at radius 3 is 2.33 bits per heavy atom. The molecule has 1 N–H and O–H groups in total. The maximum atomic E-state index is 5.83. The Bertz CT molecular complexity index is 550. The molecule has 0 spiro atoms. The van der Waals surface area contributed by atoms with Gasteiger partial charge in [-0.15, -0.1) is 0 Å². The maximum absolute atomic E-state index is 5.83. The van der Waals surface area contributed by atoms with Crippen LogP contribution in [0.3, 0.4) is 0 Å². The third-order valence-electron chi connectivity index (χ3n) is 4.39. The Balaban J connectivity index is 1.87. The van der Waals surface area contributed by atoms with Gasteiger partial charge in [0.05, 0.1) is 6.61 Å². The van der Waals surface area contributed by atoms with Crippen LogP contribution in [0.2, 0.25) is 0 Å². The first-order valence-corrected chi connectivity index (χ1v) is 9.24. The van der Waals surface area contributed by atoms with Crippen LogP contribution in [0.1, 0.15) is 49.7 Å². The second-order valence-electron chi connectivity index (χ2n) is 6.42. The molecule has 2 rings (SSSR count). The molecule has 2 aromatic carbocycles. The molecule has 0 aliphatic rings. The molecule has 2 aromatic rings. The van der Waals surface area contributed by atoms with Gasteiger partial charge in [-0.05, 0) is 43.1 Å². The van der Waals surface area contributed by atoms with Crippen molar-refractivity contribution in [3.63, 3.8) is 0 Å². The van der Waals surface area contributed by atoms with E-state index in [2.05, 4.69) is 66.8 Å². The summed E-state index contributed by atoms with van der Waals surface area (Å²) in [4.78, 5) is 0. The van der Waals surface area contributed by atoms with Crippen molar-refractivity contribution in [2.24, 2.45) is 0 Å². The Morgan fingerprint density at radius 1 is 0.917 bits per heavy atom. The first-order valence-electron chi connectivity index (χ1n) is 9.24. The van der Waals surface area contributed by atoms with Gasteiger partial charge in [-0.3, -0.25) is 0 Å². The number of unbranched alkanes of at least 4 members (excludes halogenated alkanes) is 3. The van der Waals surface area contributed by atoms with Gasteiger partial charge in [0.25, 0.3) is 0 Å². The quantitative estimate of drug-likeness (QED) is 0.574. The molecule has 0 aliphatic heterocycles. The van der Waals surface area contributed by atoms with E-state index in [4.69, 9.17) is 4.74 Å². The fourth-order valence-corrected chi connectivity index (χ4v) is 3.00. The minimum atomic E-state index is 0.497. The van der Waals surface area contributed by atoms with Crippen LogP contribution < -0.4 is 10.1 Å². The van der Waals surface area contributed by atoms with Crippen molar-refractivity contribution >= 4 is 0 Å². The summed E-state index contributed by atoms with van der Waals surface area (Å²) >= 11 is 0. The van der Waals surface area contributed by atoms with Crippen LogP contribution in [0.15, 0.2) is 54.6 Å². The summed E-state index contributed by atoms with van der Waals surface area (Å²) in [6.07, 6.45) is 6.02. The summed E-state index contributed by atoms with van der Waals surface area (Å²) in [5.41, 5.74) is 2.75. The summed E-state index contributed by atoms with van der Waals surface area (Å²) in [5, 5.41) is 3.32. The molecule has 0 saturated heterocycles. The molecular formula is C22H31NO. The minimum absolute atomic E-state index is 0.497. The van der Waals surface area contributed by atoms with Crippen molar-refractivity contribution in [2.75, 3.05) is 20.2 Å². The molecule has 0 saturated carbocycles. The molecule has 0 aromatic heterocycles. The molecule has 1 atom stereocenters. The lowest BCUT2D eigenvalue weighted by Gasteiger charge is -2.17. The van der Waals surface area contributed by atoms with Crippen LogP contribution >= 0.6 is 0 Å². The maximum Gasteiger partial charge on any atom is 0.119 e. The Kier molecular flexibility index (Phi) is 8.40. The number of nitrogens with one attached hydrogen (secondary N) is 1. The van der Waals surface area contributed by atoms with Gasteiger partial charge in [-0.2, -0.15) is 0 Å². The van der Waals surface area contributed by atoms with Crippen LogP contribution in [0.5, 0.6) is 5.75 Å². The molecule has 0 bridgehead atoms. The normalized spacial score (nSPS) is 12.1. The summed E-state index contributed by atoms with van der Waals surface area (Å²) < 4.78 is 5.83. The summed E-state index contributed by atoms with van der Waals surface area (Å²) in [6, 6.07) is 19.4. The standard InChI is InChI=1S/C22H31NO/c1-3-4-5-9-16-24-22-14-12-19(13-15-22)17-21(18-23-2)20-10-7-6-8-11-20/h6-8,10-15,21,23H,3-5,9,16-18H2,1-2H3. The third kappa shape index (κ3) is 6.37. The minimum Gasteiger partial charge on any atom is -0.494 e. The van der Waals surface area contributed by atoms with Crippen LogP contribution in [-0.4, -0.2) is 20.2 Å². The lowest BCUT2D eigenvalue weighted by Crippen LogP contribution is -2.19. The number of rotatable bonds is 11. The average molecular weight is 325 g/mol. The van der Waals surface area contributed by atoms with E-state index in [0.29, 0.717) is 5.92 Å². The van der Waals surface area contributed by atoms with Gasteiger partial charge >= 0.3 is 0 Å². The molecular weight excluding hydrogens is 294 g/mol. The fraction of sp³-hybridized carbons (Fsp3) is 0.455. The zero-order chi connectivity index (χ0) is 17.0. The van der Waals surface area contributed by atoms with E-state index in [0.717, 1.165) is 31.7 Å². The Labute approximate surface area is 147 Å². The van der Waals surface area contributed by atoms with Gasteiger partial charge in [-0.25, -0.2) is 0 Å². The smallest absolute Gasteiger partial charge is 0.119 e. The van der Waals surface area contributed by atoms with Gasteiger partial charge in [0.2, 0.25) is 0 Å².